The lowest BCUT2D eigenvalue weighted by atomic mass is 10.1. The minimum absolute atomic E-state index is 0.134. The quantitative estimate of drug-likeness (QED) is 0.790. The van der Waals surface area contributed by atoms with E-state index in [0.717, 1.165) is 25.2 Å². The van der Waals surface area contributed by atoms with Crippen LogP contribution in [0.4, 0.5) is 24.5 Å². The van der Waals surface area contributed by atoms with Crippen LogP contribution >= 0.6 is 0 Å². The van der Waals surface area contributed by atoms with Crippen molar-refractivity contribution in [1.29, 1.82) is 0 Å². The molecule has 1 saturated carbocycles. The zero-order valence-electron chi connectivity index (χ0n) is 11.5. The van der Waals surface area contributed by atoms with Crippen molar-refractivity contribution in [2.24, 2.45) is 0 Å². The molecule has 2 rings (SSSR count). The van der Waals surface area contributed by atoms with E-state index in [1.54, 1.807) is 0 Å². The summed E-state index contributed by atoms with van der Waals surface area (Å²) in [4.78, 5) is 2.37. The number of alkyl halides is 3. The Morgan fingerprint density at radius 2 is 2.05 bits per heavy atom. The number of nitrogens with zero attached hydrogens (tertiary/aromatic N) is 1. The summed E-state index contributed by atoms with van der Waals surface area (Å²) >= 11 is 0. The molecule has 0 amide bonds. The van der Waals surface area contributed by atoms with E-state index >= 15 is 0 Å². The zero-order valence-corrected chi connectivity index (χ0v) is 11.5. The summed E-state index contributed by atoms with van der Waals surface area (Å²) in [6, 6.07) is 4.11. The second kappa shape index (κ2) is 5.91. The minimum atomic E-state index is -4.35. The molecule has 0 spiro atoms. The molecule has 0 bridgehead atoms. The van der Waals surface area contributed by atoms with E-state index in [0.29, 0.717) is 18.3 Å². The lowest BCUT2D eigenvalue weighted by Crippen LogP contribution is -2.31. The van der Waals surface area contributed by atoms with Gasteiger partial charge < -0.3 is 11.1 Å². The van der Waals surface area contributed by atoms with E-state index in [1.165, 1.54) is 18.9 Å². The molecule has 0 aliphatic heterocycles. The van der Waals surface area contributed by atoms with Gasteiger partial charge in [-0.1, -0.05) is 6.92 Å². The van der Waals surface area contributed by atoms with Crippen molar-refractivity contribution in [3.05, 3.63) is 23.8 Å². The average molecular weight is 287 g/mol. The number of likely N-dealkylation sites (N-methyl/N-ethyl adjacent to an activating group) is 1. The van der Waals surface area contributed by atoms with Gasteiger partial charge in [-0.3, -0.25) is 4.90 Å². The molecule has 20 heavy (non-hydrogen) atoms. The van der Waals surface area contributed by atoms with Crippen LogP contribution in [0.1, 0.15) is 25.3 Å². The van der Waals surface area contributed by atoms with Gasteiger partial charge in [-0.15, -0.1) is 0 Å². The van der Waals surface area contributed by atoms with E-state index in [2.05, 4.69) is 17.1 Å². The van der Waals surface area contributed by atoms with Gasteiger partial charge in [0.05, 0.1) is 16.9 Å². The molecule has 0 unspecified atom stereocenters. The van der Waals surface area contributed by atoms with Gasteiger partial charge >= 0.3 is 6.18 Å². The van der Waals surface area contributed by atoms with Gasteiger partial charge in [0.25, 0.3) is 0 Å². The molecule has 0 saturated heterocycles. The second-order valence-electron chi connectivity index (χ2n) is 5.09. The van der Waals surface area contributed by atoms with Crippen molar-refractivity contribution >= 4 is 11.4 Å². The highest BCUT2D eigenvalue weighted by atomic mass is 19.4. The molecule has 1 aromatic carbocycles. The first-order chi connectivity index (χ1) is 9.41. The molecule has 0 aromatic heterocycles. The molecule has 3 nitrogen and oxygen atoms in total. The SMILES string of the molecule is CCN(CCNc1ccc(C(F)(F)F)cc1N)C1CC1. The fourth-order valence-electron chi connectivity index (χ4n) is 2.27. The maximum absolute atomic E-state index is 12.5. The first-order valence-electron chi connectivity index (χ1n) is 6.86. The first-order valence-corrected chi connectivity index (χ1v) is 6.86. The van der Waals surface area contributed by atoms with Crippen molar-refractivity contribution in [2.45, 2.75) is 32.0 Å². The number of nitrogen functional groups attached to an aromatic ring is 1. The Labute approximate surface area is 116 Å². The Bertz CT molecular complexity index is 455. The summed E-state index contributed by atoms with van der Waals surface area (Å²) in [5.74, 6) is 0. The monoisotopic (exact) mass is 287 g/mol. The average Bonchev–Trinajstić information content (AvgIpc) is 3.19. The van der Waals surface area contributed by atoms with Crippen LogP contribution in [0.15, 0.2) is 18.2 Å². The van der Waals surface area contributed by atoms with Crippen LogP contribution < -0.4 is 11.1 Å². The number of nitrogens with two attached hydrogens (primary N) is 1. The van der Waals surface area contributed by atoms with Crippen molar-refractivity contribution in [1.82, 2.24) is 4.90 Å². The van der Waals surface area contributed by atoms with Crippen LogP contribution in [0, 0.1) is 0 Å². The summed E-state index contributed by atoms with van der Waals surface area (Å²) in [6.07, 6.45) is -1.86. The van der Waals surface area contributed by atoms with E-state index in [1.807, 2.05) is 0 Å². The van der Waals surface area contributed by atoms with E-state index in [4.69, 9.17) is 5.73 Å². The second-order valence-corrected chi connectivity index (χ2v) is 5.09. The molecule has 1 fully saturated rings. The highest BCUT2D eigenvalue weighted by Gasteiger charge is 2.31. The summed E-state index contributed by atoms with van der Waals surface area (Å²) in [7, 11) is 0. The van der Waals surface area contributed by atoms with Crippen LogP contribution in [-0.2, 0) is 6.18 Å². The molecule has 0 heterocycles. The van der Waals surface area contributed by atoms with Gasteiger partial charge in [-0.25, -0.2) is 0 Å². The van der Waals surface area contributed by atoms with Crippen LogP contribution in [0.2, 0.25) is 0 Å². The topological polar surface area (TPSA) is 41.3 Å². The largest absolute Gasteiger partial charge is 0.416 e. The van der Waals surface area contributed by atoms with Gasteiger partial charge in [-0.05, 0) is 37.6 Å². The molecule has 0 atom stereocenters. The molecule has 6 heteroatoms. The number of halogens is 3. The molecule has 1 aliphatic carbocycles. The van der Waals surface area contributed by atoms with Crippen LogP contribution in [0.5, 0.6) is 0 Å². The lowest BCUT2D eigenvalue weighted by Gasteiger charge is -2.20. The van der Waals surface area contributed by atoms with Gasteiger partial charge in [0.1, 0.15) is 0 Å². The standard InChI is InChI=1S/C14H20F3N3/c1-2-20(11-4-5-11)8-7-19-13-6-3-10(9-12(13)18)14(15,16)17/h3,6,9,11,19H,2,4-5,7-8,18H2,1H3. The Kier molecular flexibility index (Phi) is 4.42. The molecule has 112 valence electrons. The fraction of sp³-hybridized carbons (Fsp3) is 0.571. The van der Waals surface area contributed by atoms with E-state index in [9.17, 15) is 13.2 Å². The number of hydrogen-bond acceptors (Lipinski definition) is 3. The Hall–Kier alpha value is -1.43. The van der Waals surface area contributed by atoms with E-state index < -0.39 is 11.7 Å². The number of benzene rings is 1. The Balaban J connectivity index is 1.89. The van der Waals surface area contributed by atoms with Gasteiger partial charge in [-0.2, -0.15) is 13.2 Å². The van der Waals surface area contributed by atoms with Gasteiger partial charge in [0, 0.05) is 19.1 Å². The summed E-state index contributed by atoms with van der Waals surface area (Å²) in [6.45, 7) is 4.67. The lowest BCUT2D eigenvalue weighted by molar-refractivity contribution is -0.137. The van der Waals surface area contributed by atoms with Crippen molar-refractivity contribution < 1.29 is 13.2 Å². The summed E-state index contributed by atoms with van der Waals surface area (Å²) in [5.41, 5.74) is 5.64. The molecular formula is C14H20F3N3. The molecule has 0 radical (unpaired) electrons. The van der Waals surface area contributed by atoms with Crippen LogP contribution in [0.25, 0.3) is 0 Å². The van der Waals surface area contributed by atoms with Gasteiger partial charge in [0.15, 0.2) is 0 Å². The normalized spacial score (nSPS) is 15.7. The van der Waals surface area contributed by atoms with E-state index in [-0.39, 0.29) is 5.69 Å². The number of anilines is 2. The molecule has 1 aromatic rings. The Morgan fingerprint density at radius 1 is 1.35 bits per heavy atom. The van der Waals surface area contributed by atoms with Crippen LogP contribution in [0.3, 0.4) is 0 Å². The third-order valence-corrected chi connectivity index (χ3v) is 3.56. The molecular weight excluding hydrogens is 267 g/mol. The summed E-state index contributed by atoms with van der Waals surface area (Å²) < 4.78 is 37.5. The van der Waals surface area contributed by atoms with Crippen molar-refractivity contribution in [3.63, 3.8) is 0 Å². The first kappa shape index (κ1) is 15.0. The maximum atomic E-state index is 12.5. The maximum Gasteiger partial charge on any atom is 0.416 e. The molecule has 3 N–H and O–H groups in total. The number of rotatable bonds is 6. The van der Waals surface area contributed by atoms with Gasteiger partial charge in [0.2, 0.25) is 0 Å². The third kappa shape index (κ3) is 3.79. The predicted octanol–water partition coefficient (Wildman–Crippen LogP) is 3.18. The molecule has 1 aliphatic rings. The number of hydrogen-bond donors (Lipinski definition) is 2. The third-order valence-electron chi connectivity index (χ3n) is 3.56. The zero-order chi connectivity index (χ0) is 14.8. The fourth-order valence-corrected chi connectivity index (χ4v) is 2.27. The highest BCUT2D eigenvalue weighted by molar-refractivity contribution is 5.67. The van der Waals surface area contributed by atoms with Crippen molar-refractivity contribution in [2.75, 3.05) is 30.7 Å². The predicted molar refractivity (Wildman–Crippen MR) is 74.6 cm³/mol. The number of nitrogens with one attached hydrogen (secondary N) is 1. The highest BCUT2D eigenvalue weighted by Crippen LogP contribution is 2.32. The summed E-state index contributed by atoms with van der Waals surface area (Å²) in [5, 5.41) is 3.11. The minimum Gasteiger partial charge on any atom is -0.397 e. The van der Waals surface area contributed by atoms with Crippen molar-refractivity contribution in [3.8, 4) is 0 Å². The Morgan fingerprint density at radius 3 is 2.55 bits per heavy atom. The smallest absolute Gasteiger partial charge is 0.397 e. The van der Waals surface area contributed by atoms with Crippen LogP contribution in [-0.4, -0.2) is 30.6 Å².